The Labute approximate surface area is 137 Å². The van der Waals surface area contributed by atoms with Crippen LogP contribution in [0, 0.1) is 5.92 Å². The van der Waals surface area contributed by atoms with Crippen LogP contribution < -0.4 is 0 Å². The van der Waals surface area contributed by atoms with Gasteiger partial charge in [-0.25, -0.2) is 0 Å². The first-order chi connectivity index (χ1) is 11.1. The van der Waals surface area contributed by atoms with E-state index in [1.165, 1.54) is 0 Å². The van der Waals surface area contributed by atoms with E-state index in [1.807, 2.05) is 30.3 Å². The zero-order valence-electron chi connectivity index (χ0n) is 13.8. The highest BCUT2D eigenvalue weighted by Crippen LogP contribution is 2.31. The summed E-state index contributed by atoms with van der Waals surface area (Å²) >= 11 is 0. The molecule has 3 unspecified atom stereocenters. The highest BCUT2D eigenvalue weighted by molar-refractivity contribution is 5.84. The third-order valence-corrected chi connectivity index (χ3v) is 4.39. The molecule has 0 spiro atoms. The van der Waals surface area contributed by atoms with Gasteiger partial charge in [-0.15, -0.1) is 0 Å². The van der Waals surface area contributed by atoms with Crippen LogP contribution in [0.15, 0.2) is 30.3 Å². The maximum absolute atomic E-state index is 12.6. The van der Waals surface area contributed by atoms with Gasteiger partial charge in [0.05, 0.1) is 12.5 Å². The van der Waals surface area contributed by atoms with E-state index >= 15 is 0 Å². The summed E-state index contributed by atoms with van der Waals surface area (Å²) in [4.78, 5) is 26.4. The van der Waals surface area contributed by atoms with Gasteiger partial charge in [0.25, 0.3) is 5.91 Å². The smallest absolute Gasteiger partial charge is 0.309 e. The van der Waals surface area contributed by atoms with Crippen LogP contribution >= 0.6 is 0 Å². The van der Waals surface area contributed by atoms with E-state index < -0.39 is 23.9 Å². The van der Waals surface area contributed by atoms with Crippen molar-refractivity contribution >= 4 is 11.9 Å². The molecule has 1 amide bonds. The summed E-state index contributed by atoms with van der Waals surface area (Å²) in [7, 11) is 0. The third kappa shape index (κ3) is 4.10. The summed E-state index contributed by atoms with van der Waals surface area (Å²) in [6, 6.07) is 9.21. The van der Waals surface area contributed by atoms with Gasteiger partial charge in [0.15, 0.2) is 0 Å². The van der Waals surface area contributed by atoms with Gasteiger partial charge in [-0.3, -0.25) is 9.59 Å². The number of hydrogen-bond acceptors (Lipinski definition) is 4. The SMILES string of the molecule is CCOC(=O)C(C)C(c1ccccc1)C(O)C(=O)N1CCCC1. The molecule has 0 radical (unpaired) electrons. The zero-order valence-corrected chi connectivity index (χ0v) is 13.8. The van der Waals surface area contributed by atoms with Crippen molar-refractivity contribution in [3.8, 4) is 0 Å². The fraction of sp³-hybridized carbons (Fsp3) is 0.556. The fourth-order valence-corrected chi connectivity index (χ4v) is 3.12. The summed E-state index contributed by atoms with van der Waals surface area (Å²) < 4.78 is 5.09. The summed E-state index contributed by atoms with van der Waals surface area (Å²) in [5, 5.41) is 10.7. The van der Waals surface area contributed by atoms with Gasteiger partial charge in [-0.2, -0.15) is 0 Å². The van der Waals surface area contributed by atoms with Gasteiger partial charge in [-0.1, -0.05) is 37.3 Å². The summed E-state index contributed by atoms with van der Waals surface area (Å²) in [6.45, 7) is 5.07. The number of ether oxygens (including phenoxy) is 1. The van der Waals surface area contributed by atoms with Crippen LogP contribution in [-0.2, 0) is 14.3 Å². The third-order valence-electron chi connectivity index (χ3n) is 4.39. The minimum absolute atomic E-state index is 0.279. The topological polar surface area (TPSA) is 66.8 Å². The number of hydrogen-bond donors (Lipinski definition) is 1. The number of carbonyl (C=O) groups excluding carboxylic acids is 2. The average Bonchev–Trinajstić information content (AvgIpc) is 3.09. The number of rotatable bonds is 6. The van der Waals surface area contributed by atoms with Crippen LogP contribution in [0.25, 0.3) is 0 Å². The molecule has 0 aliphatic carbocycles. The first-order valence-electron chi connectivity index (χ1n) is 8.24. The molecule has 1 aliphatic heterocycles. The molecule has 126 valence electrons. The van der Waals surface area contributed by atoms with E-state index in [9.17, 15) is 14.7 Å². The molecule has 1 N–H and O–H groups in total. The maximum Gasteiger partial charge on any atom is 0.309 e. The molecule has 0 aromatic heterocycles. The number of benzene rings is 1. The van der Waals surface area contributed by atoms with E-state index in [0.29, 0.717) is 13.1 Å². The van der Waals surface area contributed by atoms with Crippen molar-refractivity contribution in [1.29, 1.82) is 0 Å². The van der Waals surface area contributed by atoms with Gasteiger partial charge in [-0.05, 0) is 25.3 Å². The lowest BCUT2D eigenvalue weighted by molar-refractivity contribution is -0.151. The monoisotopic (exact) mass is 319 g/mol. The van der Waals surface area contributed by atoms with E-state index in [4.69, 9.17) is 4.74 Å². The molecule has 0 saturated carbocycles. The second-order valence-electron chi connectivity index (χ2n) is 5.95. The number of aliphatic hydroxyl groups is 1. The van der Waals surface area contributed by atoms with Crippen LogP contribution in [0.4, 0.5) is 0 Å². The molecule has 1 aromatic rings. The van der Waals surface area contributed by atoms with Gasteiger partial charge < -0.3 is 14.7 Å². The molecule has 23 heavy (non-hydrogen) atoms. The summed E-state index contributed by atoms with van der Waals surface area (Å²) in [5.41, 5.74) is 0.771. The molecular formula is C18H25NO4. The van der Waals surface area contributed by atoms with Crippen molar-refractivity contribution in [2.75, 3.05) is 19.7 Å². The Morgan fingerprint density at radius 2 is 1.83 bits per heavy atom. The first-order valence-corrected chi connectivity index (χ1v) is 8.24. The highest BCUT2D eigenvalue weighted by atomic mass is 16.5. The van der Waals surface area contributed by atoms with Gasteiger partial charge in [0, 0.05) is 19.0 Å². The van der Waals surface area contributed by atoms with Gasteiger partial charge >= 0.3 is 5.97 Å². The molecular weight excluding hydrogens is 294 g/mol. The van der Waals surface area contributed by atoms with Crippen LogP contribution in [0.3, 0.4) is 0 Å². The van der Waals surface area contributed by atoms with Crippen LogP contribution in [0.1, 0.15) is 38.2 Å². The Morgan fingerprint density at radius 3 is 2.39 bits per heavy atom. The number of aliphatic hydroxyl groups excluding tert-OH is 1. The maximum atomic E-state index is 12.6. The van der Waals surface area contributed by atoms with Crippen molar-refractivity contribution in [2.24, 2.45) is 5.92 Å². The zero-order chi connectivity index (χ0) is 16.8. The Balaban J connectivity index is 2.25. The number of amides is 1. The largest absolute Gasteiger partial charge is 0.466 e. The number of nitrogens with zero attached hydrogens (tertiary/aromatic N) is 1. The predicted molar refractivity (Wildman–Crippen MR) is 86.8 cm³/mol. The molecule has 1 saturated heterocycles. The predicted octanol–water partition coefficient (Wildman–Crippen LogP) is 1.95. The van der Waals surface area contributed by atoms with Crippen molar-refractivity contribution < 1.29 is 19.4 Å². The average molecular weight is 319 g/mol. The van der Waals surface area contributed by atoms with Crippen molar-refractivity contribution in [3.63, 3.8) is 0 Å². The number of carbonyl (C=O) groups is 2. The molecule has 1 fully saturated rings. The molecule has 1 heterocycles. The Bertz CT molecular complexity index is 525. The lowest BCUT2D eigenvalue weighted by atomic mass is 9.82. The first kappa shape index (κ1) is 17.5. The second-order valence-corrected chi connectivity index (χ2v) is 5.95. The molecule has 1 aliphatic rings. The summed E-state index contributed by atoms with van der Waals surface area (Å²) in [5.74, 6) is -1.90. The Kier molecular flexibility index (Phi) is 6.16. The molecule has 5 heteroatoms. The molecule has 3 atom stereocenters. The van der Waals surface area contributed by atoms with E-state index in [-0.39, 0.29) is 12.5 Å². The minimum Gasteiger partial charge on any atom is -0.466 e. The lowest BCUT2D eigenvalue weighted by Gasteiger charge is -2.29. The van der Waals surface area contributed by atoms with Crippen molar-refractivity contribution in [1.82, 2.24) is 4.90 Å². The fourth-order valence-electron chi connectivity index (χ4n) is 3.12. The van der Waals surface area contributed by atoms with Crippen LogP contribution in [-0.4, -0.2) is 47.7 Å². The Hall–Kier alpha value is -1.88. The molecule has 5 nitrogen and oxygen atoms in total. The van der Waals surface area contributed by atoms with E-state index in [0.717, 1.165) is 18.4 Å². The van der Waals surface area contributed by atoms with Crippen LogP contribution in [0.2, 0.25) is 0 Å². The van der Waals surface area contributed by atoms with Crippen molar-refractivity contribution in [2.45, 2.75) is 38.7 Å². The Morgan fingerprint density at radius 1 is 1.22 bits per heavy atom. The molecule has 1 aromatic carbocycles. The molecule has 0 bridgehead atoms. The normalized spacial score (nSPS) is 18.3. The minimum atomic E-state index is -1.24. The van der Waals surface area contributed by atoms with Gasteiger partial charge in [0.2, 0.25) is 0 Å². The standard InChI is InChI=1S/C18H25NO4/c1-3-23-18(22)13(2)15(14-9-5-4-6-10-14)16(20)17(21)19-11-7-8-12-19/h4-6,9-10,13,15-16,20H,3,7-8,11-12H2,1-2H3. The number of likely N-dealkylation sites (tertiary alicyclic amines) is 1. The second kappa shape index (κ2) is 8.11. The lowest BCUT2D eigenvalue weighted by Crippen LogP contribution is -2.43. The van der Waals surface area contributed by atoms with Gasteiger partial charge in [0.1, 0.15) is 6.10 Å². The highest BCUT2D eigenvalue weighted by Gasteiger charge is 2.38. The molecule has 2 rings (SSSR count). The number of esters is 1. The quantitative estimate of drug-likeness (QED) is 0.814. The van der Waals surface area contributed by atoms with Crippen LogP contribution in [0.5, 0.6) is 0 Å². The van der Waals surface area contributed by atoms with Crippen molar-refractivity contribution in [3.05, 3.63) is 35.9 Å². The summed E-state index contributed by atoms with van der Waals surface area (Å²) in [6.07, 6.45) is 0.680. The van der Waals surface area contributed by atoms with E-state index in [1.54, 1.807) is 18.7 Å². The van der Waals surface area contributed by atoms with E-state index in [2.05, 4.69) is 0 Å².